The molecule has 0 unspecified atom stereocenters. The Morgan fingerprint density at radius 1 is 1.15 bits per heavy atom. The molecule has 0 aliphatic carbocycles. The van der Waals surface area contributed by atoms with Crippen molar-refractivity contribution in [1.29, 1.82) is 0 Å². The van der Waals surface area contributed by atoms with Crippen molar-refractivity contribution in [1.82, 2.24) is 9.97 Å². The molecule has 2 N–H and O–H groups in total. The zero-order chi connectivity index (χ0) is 9.31. The van der Waals surface area contributed by atoms with Crippen LogP contribution in [0.3, 0.4) is 0 Å². The number of nitrogens with two attached hydrogens (primary N) is 1. The van der Waals surface area contributed by atoms with E-state index in [0.29, 0.717) is 29.0 Å². The van der Waals surface area contributed by atoms with Gasteiger partial charge in [0, 0.05) is 0 Å². The summed E-state index contributed by atoms with van der Waals surface area (Å²) in [4.78, 5) is 12.8. The average Bonchev–Trinajstić information content (AvgIpc) is 2.78. The Balaban J connectivity index is 2.42. The third-order valence-electron chi connectivity index (χ3n) is 1.75. The molecule has 0 aromatic carbocycles. The summed E-state index contributed by atoms with van der Waals surface area (Å²) in [5.41, 5.74) is 5.81. The Bertz CT molecular complexity index is 328. The van der Waals surface area contributed by atoms with Crippen LogP contribution in [0.2, 0.25) is 0 Å². The molecule has 2 rings (SSSR count). The second-order valence-corrected chi connectivity index (χ2v) is 6.63. The first-order valence-electron chi connectivity index (χ1n) is 3.80. The van der Waals surface area contributed by atoms with Crippen molar-refractivity contribution in [3.63, 3.8) is 0 Å². The zero-order valence-electron chi connectivity index (χ0n) is 7.10. The van der Waals surface area contributed by atoms with Gasteiger partial charge in [0.15, 0.2) is 0 Å². The molecule has 2 heterocycles. The zero-order valence-corrected chi connectivity index (χ0v) is 10.5. The molecular formula is C8H9N3Se2. The summed E-state index contributed by atoms with van der Waals surface area (Å²) in [5, 5.41) is 0. The van der Waals surface area contributed by atoms with Crippen LogP contribution in [-0.4, -0.2) is 39.0 Å². The fourth-order valence-electron chi connectivity index (χ4n) is 1.05. The first kappa shape index (κ1) is 9.38. The fraction of sp³-hybridized carbons (Fsp3) is 0.250. The maximum absolute atomic E-state index is 6.22. The molecule has 0 radical (unpaired) electrons. The quantitative estimate of drug-likeness (QED) is 0.783. The number of nitrogens with zero attached hydrogens (tertiary/aromatic N) is 2. The van der Waals surface area contributed by atoms with Crippen molar-refractivity contribution >= 4 is 29.0 Å². The van der Waals surface area contributed by atoms with E-state index in [1.165, 1.54) is 0 Å². The van der Waals surface area contributed by atoms with E-state index in [4.69, 9.17) is 5.73 Å². The van der Waals surface area contributed by atoms with Gasteiger partial charge in [-0.3, -0.25) is 0 Å². The molecule has 0 fully saturated rings. The van der Waals surface area contributed by atoms with Gasteiger partial charge < -0.3 is 0 Å². The van der Waals surface area contributed by atoms with Gasteiger partial charge in [-0.15, -0.1) is 0 Å². The minimum absolute atomic E-state index is 0.324. The molecule has 13 heavy (non-hydrogen) atoms. The molecule has 0 saturated heterocycles. The molecule has 0 spiro atoms. The van der Waals surface area contributed by atoms with Crippen LogP contribution in [0.4, 0.5) is 0 Å². The normalized spacial score (nSPS) is 11.8. The first-order valence-corrected chi connectivity index (χ1v) is 7.49. The molecular weight excluding hydrogens is 296 g/mol. The van der Waals surface area contributed by atoms with Gasteiger partial charge in [0.05, 0.1) is 0 Å². The van der Waals surface area contributed by atoms with Crippen LogP contribution in [0.15, 0.2) is 22.3 Å². The number of hydrogen-bond acceptors (Lipinski definition) is 3. The van der Waals surface area contributed by atoms with Crippen LogP contribution in [0.1, 0.15) is 16.1 Å². The number of rotatable bonds is 2. The maximum atomic E-state index is 6.22. The fourth-order valence-corrected chi connectivity index (χ4v) is 4.37. The van der Waals surface area contributed by atoms with E-state index in [9.17, 15) is 0 Å². The van der Waals surface area contributed by atoms with Crippen LogP contribution in [0.25, 0.3) is 0 Å². The third-order valence-corrected chi connectivity index (χ3v) is 5.99. The Kier molecular flexibility index (Phi) is 2.54. The number of aromatic nitrogens is 2. The Morgan fingerprint density at radius 3 is 1.92 bits per heavy atom. The van der Waals surface area contributed by atoms with Crippen LogP contribution in [-0.2, 0) is 5.54 Å². The van der Waals surface area contributed by atoms with E-state index in [1.807, 2.05) is 19.3 Å². The van der Waals surface area contributed by atoms with Gasteiger partial charge in [0.2, 0.25) is 0 Å². The van der Waals surface area contributed by atoms with Crippen LogP contribution in [0, 0.1) is 0 Å². The second kappa shape index (κ2) is 3.52. The summed E-state index contributed by atoms with van der Waals surface area (Å²) in [6.07, 6.45) is 3.69. The topological polar surface area (TPSA) is 51.8 Å². The van der Waals surface area contributed by atoms with Gasteiger partial charge >= 0.3 is 88.6 Å². The molecule has 0 aliphatic rings. The van der Waals surface area contributed by atoms with Crippen molar-refractivity contribution in [2.24, 2.45) is 5.73 Å². The summed E-state index contributed by atoms with van der Waals surface area (Å²) in [6, 6.07) is 0. The molecule has 2 aromatic heterocycles. The van der Waals surface area contributed by atoms with Crippen molar-refractivity contribution in [2.45, 2.75) is 12.5 Å². The summed E-state index contributed by atoms with van der Waals surface area (Å²) in [7, 11) is 0. The van der Waals surface area contributed by atoms with E-state index >= 15 is 0 Å². The molecule has 0 bridgehead atoms. The van der Waals surface area contributed by atoms with E-state index < -0.39 is 5.54 Å². The molecule has 0 amide bonds. The van der Waals surface area contributed by atoms with E-state index in [2.05, 4.69) is 19.8 Å². The summed E-state index contributed by atoms with van der Waals surface area (Å²) >= 11 is 0.648. The van der Waals surface area contributed by atoms with Crippen LogP contribution < -0.4 is 5.73 Å². The molecule has 2 aromatic rings. The van der Waals surface area contributed by atoms with E-state index in [1.54, 1.807) is 0 Å². The molecule has 0 atom stereocenters. The van der Waals surface area contributed by atoms with Gasteiger partial charge in [-0.05, 0) is 0 Å². The van der Waals surface area contributed by atoms with Crippen molar-refractivity contribution in [3.8, 4) is 0 Å². The van der Waals surface area contributed by atoms with Gasteiger partial charge in [-0.1, -0.05) is 0 Å². The van der Waals surface area contributed by atoms with Gasteiger partial charge in [-0.25, -0.2) is 0 Å². The van der Waals surface area contributed by atoms with E-state index in [-0.39, 0.29) is 0 Å². The SMILES string of the molecule is CC(N)(c1ncc[se]1)c1ncc[se]1. The van der Waals surface area contributed by atoms with Crippen LogP contribution in [0.5, 0.6) is 0 Å². The average molecular weight is 305 g/mol. The Hall–Kier alpha value is -0.181. The summed E-state index contributed by atoms with van der Waals surface area (Å²) in [5.74, 6) is 0. The molecule has 68 valence electrons. The minimum atomic E-state index is -0.410. The van der Waals surface area contributed by atoms with Gasteiger partial charge in [0.1, 0.15) is 0 Å². The third kappa shape index (κ3) is 1.71. The van der Waals surface area contributed by atoms with Gasteiger partial charge in [0.25, 0.3) is 0 Å². The molecule has 5 heteroatoms. The van der Waals surface area contributed by atoms with Crippen molar-refractivity contribution in [3.05, 3.63) is 31.4 Å². The molecule has 0 aliphatic heterocycles. The summed E-state index contributed by atoms with van der Waals surface area (Å²) < 4.78 is 2.17. The van der Waals surface area contributed by atoms with Crippen LogP contribution >= 0.6 is 0 Å². The van der Waals surface area contributed by atoms with Gasteiger partial charge in [-0.2, -0.15) is 0 Å². The predicted molar refractivity (Wildman–Crippen MR) is 53.0 cm³/mol. The van der Waals surface area contributed by atoms with Crippen molar-refractivity contribution < 1.29 is 0 Å². The van der Waals surface area contributed by atoms with Crippen molar-refractivity contribution in [2.75, 3.05) is 0 Å². The first-order chi connectivity index (χ1) is 6.21. The standard InChI is InChI=1S/C8H9N3Se2/c1-8(9,6-10-2-4-12-6)7-11-3-5-13-7/h2-5H,9H2,1H3. The Morgan fingerprint density at radius 2 is 1.62 bits per heavy atom. The molecule has 0 saturated carbocycles. The predicted octanol–water partition coefficient (Wildman–Crippen LogP) is -0.187. The second-order valence-electron chi connectivity index (χ2n) is 2.88. The number of hydrogen-bond donors (Lipinski definition) is 1. The Labute approximate surface area is 88.5 Å². The summed E-state index contributed by atoms with van der Waals surface area (Å²) in [6.45, 7) is 2.01. The van der Waals surface area contributed by atoms with E-state index in [0.717, 1.165) is 9.14 Å². The monoisotopic (exact) mass is 307 g/mol. The molecule has 3 nitrogen and oxygen atoms in total.